The first-order valence-corrected chi connectivity index (χ1v) is 4.92. The molecule has 2 N–H and O–H groups in total. The van der Waals surface area contributed by atoms with Crippen molar-refractivity contribution in [2.75, 3.05) is 0 Å². The van der Waals surface area contributed by atoms with E-state index >= 15 is 0 Å². The van der Waals surface area contributed by atoms with E-state index in [1.54, 1.807) is 0 Å². The van der Waals surface area contributed by atoms with Crippen molar-refractivity contribution in [3.63, 3.8) is 0 Å². The fourth-order valence-corrected chi connectivity index (χ4v) is 1.82. The first-order chi connectivity index (χ1) is 6.70. The Morgan fingerprint density at radius 3 is 2.57 bits per heavy atom. The van der Waals surface area contributed by atoms with Crippen molar-refractivity contribution in [1.82, 2.24) is 0 Å². The van der Waals surface area contributed by atoms with Crippen molar-refractivity contribution in [2.24, 2.45) is 5.73 Å². The Balaban J connectivity index is 2.43. The van der Waals surface area contributed by atoms with Gasteiger partial charge in [0, 0.05) is 5.54 Å². The van der Waals surface area contributed by atoms with Crippen LogP contribution < -0.4 is 5.73 Å². The molecule has 0 bridgehead atoms. The molecule has 1 aliphatic carbocycles. The van der Waals surface area contributed by atoms with E-state index in [0.717, 1.165) is 6.42 Å². The first kappa shape index (κ1) is 9.22. The number of hydrogen-bond donors (Lipinski definition) is 1. The molecule has 0 saturated heterocycles. The van der Waals surface area contributed by atoms with Gasteiger partial charge in [-0.15, -0.1) is 0 Å². The van der Waals surface area contributed by atoms with E-state index in [0.29, 0.717) is 0 Å². The number of benzene rings is 1. The highest BCUT2D eigenvalue weighted by Crippen LogP contribution is 2.30. The predicted molar refractivity (Wildman–Crippen MR) is 60.8 cm³/mol. The van der Waals surface area contributed by atoms with Crippen LogP contribution in [0.4, 0.5) is 0 Å². The van der Waals surface area contributed by atoms with E-state index in [1.807, 2.05) is 18.2 Å². The van der Waals surface area contributed by atoms with Crippen LogP contribution in [-0.4, -0.2) is 5.54 Å². The van der Waals surface area contributed by atoms with Gasteiger partial charge in [-0.3, -0.25) is 0 Å². The average molecular weight is 185 g/mol. The Hall–Kier alpha value is -1.34. The fraction of sp³-hybridized carbons (Fsp3) is 0.231. The molecule has 0 aromatic heterocycles. The summed E-state index contributed by atoms with van der Waals surface area (Å²) in [7, 11) is 0. The molecule has 1 aromatic rings. The highest BCUT2D eigenvalue weighted by Gasteiger charge is 2.24. The lowest BCUT2D eigenvalue weighted by molar-refractivity contribution is 0.609. The molecule has 1 atom stereocenters. The molecule has 0 heterocycles. The van der Waals surface area contributed by atoms with Crippen LogP contribution in [0.15, 0.2) is 48.6 Å². The zero-order valence-electron chi connectivity index (χ0n) is 8.40. The summed E-state index contributed by atoms with van der Waals surface area (Å²) in [6.45, 7) is 2.08. The number of allylic oxidation sites excluding steroid dienone is 2. The Labute approximate surface area is 84.9 Å². The minimum Gasteiger partial charge on any atom is -0.321 e. The summed E-state index contributed by atoms with van der Waals surface area (Å²) in [5, 5.41) is 0. The van der Waals surface area contributed by atoms with Gasteiger partial charge in [0.2, 0.25) is 0 Å². The van der Waals surface area contributed by atoms with Crippen LogP contribution in [0.1, 0.15) is 18.9 Å². The molecule has 1 aromatic carbocycles. The van der Waals surface area contributed by atoms with Gasteiger partial charge in [-0.25, -0.2) is 0 Å². The molecule has 0 amide bonds. The van der Waals surface area contributed by atoms with Gasteiger partial charge in [-0.1, -0.05) is 48.6 Å². The molecular weight excluding hydrogens is 170 g/mol. The maximum atomic E-state index is 6.23. The molecule has 0 aliphatic heterocycles. The average Bonchev–Trinajstić information content (AvgIpc) is 2.18. The van der Waals surface area contributed by atoms with Gasteiger partial charge in [0.15, 0.2) is 0 Å². The topological polar surface area (TPSA) is 26.0 Å². The van der Waals surface area contributed by atoms with Crippen LogP contribution in [0.3, 0.4) is 0 Å². The molecule has 1 nitrogen and oxygen atoms in total. The predicted octanol–water partition coefficient (Wildman–Crippen LogP) is 2.75. The van der Waals surface area contributed by atoms with Crippen LogP contribution in [-0.2, 0) is 0 Å². The second-order valence-corrected chi connectivity index (χ2v) is 4.00. The second-order valence-electron chi connectivity index (χ2n) is 4.00. The number of nitrogens with two attached hydrogens (primary N) is 1. The number of hydrogen-bond acceptors (Lipinski definition) is 1. The third-order valence-electron chi connectivity index (χ3n) is 2.64. The zero-order chi connectivity index (χ0) is 10.0. The van der Waals surface area contributed by atoms with Crippen LogP contribution in [0, 0.1) is 0 Å². The van der Waals surface area contributed by atoms with Crippen LogP contribution in [0.25, 0.3) is 5.57 Å². The quantitative estimate of drug-likeness (QED) is 0.715. The smallest absolute Gasteiger partial charge is 0.0421 e. The molecule has 0 radical (unpaired) electrons. The number of rotatable bonds is 1. The van der Waals surface area contributed by atoms with Gasteiger partial charge >= 0.3 is 0 Å². The third-order valence-corrected chi connectivity index (χ3v) is 2.64. The second kappa shape index (κ2) is 3.43. The summed E-state index contributed by atoms with van der Waals surface area (Å²) in [4.78, 5) is 0. The molecule has 14 heavy (non-hydrogen) atoms. The Morgan fingerprint density at radius 2 is 1.93 bits per heavy atom. The molecule has 2 rings (SSSR count). The standard InChI is InChI=1S/C13H15N/c1-13(14)10-6-5-9-12(13)11-7-3-2-4-8-11/h2-9H,10,14H2,1H3. The van der Waals surface area contributed by atoms with E-state index in [1.165, 1.54) is 11.1 Å². The third kappa shape index (κ3) is 1.64. The minimum absolute atomic E-state index is 0.226. The molecular formula is C13H15N. The van der Waals surface area contributed by atoms with Crippen molar-refractivity contribution < 1.29 is 0 Å². The maximum Gasteiger partial charge on any atom is 0.0421 e. The van der Waals surface area contributed by atoms with Crippen molar-refractivity contribution >= 4 is 5.57 Å². The van der Waals surface area contributed by atoms with Gasteiger partial charge in [0.25, 0.3) is 0 Å². The van der Waals surface area contributed by atoms with Crippen molar-refractivity contribution in [2.45, 2.75) is 18.9 Å². The van der Waals surface area contributed by atoms with Crippen molar-refractivity contribution in [3.8, 4) is 0 Å². The lowest BCUT2D eigenvalue weighted by Crippen LogP contribution is -2.37. The summed E-state index contributed by atoms with van der Waals surface area (Å²) < 4.78 is 0. The van der Waals surface area contributed by atoms with Crippen molar-refractivity contribution in [3.05, 3.63) is 54.1 Å². The molecule has 1 heteroatoms. The largest absolute Gasteiger partial charge is 0.321 e. The molecule has 0 spiro atoms. The highest BCUT2D eigenvalue weighted by atomic mass is 14.7. The van der Waals surface area contributed by atoms with Gasteiger partial charge in [0.1, 0.15) is 0 Å². The van der Waals surface area contributed by atoms with E-state index < -0.39 is 0 Å². The SMILES string of the molecule is CC1(N)CC=CC=C1c1ccccc1. The minimum atomic E-state index is -0.226. The van der Waals surface area contributed by atoms with Crippen LogP contribution >= 0.6 is 0 Å². The molecule has 0 fully saturated rings. The van der Waals surface area contributed by atoms with Gasteiger partial charge in [-0.2, -0.15) is 0 Å². The highest BCUT2D eigenvalue weighted by molar-refractivity contribution is 5.75. The Morgan fingerprint density at radius 1 is 1.21 bits per heavy atom. The van der Waals surface area contributed by atoms with E-state index in [9.17, 15) is 0 Å². The van der Waals surface area contributed by atoms with Gasteiger partial charge in [0.05, 0.1) is 0 Å². The normalized spacial score (nSPS) is 26.0. The summed E-state index contributed by atoms with van der Waals surface area (Å²) in [6, 6.07) is 10.3. The molecule has 1 aliphatic rings. The van der Waals surface area contributed by atoms with E-state index in [4.69, 9.17) is 5.73 Å². The monoisotopic (exact) mass is 185 g/mol. The van der Waals surface area contributed by atoms with Crippen LogP contribution in [0.2, 0.25) is 0 Å². The summed E-state index contributed by atoms with van der Waals surface area (Å²) in [5.41, 5.74) is 8.46. The van der Waals surface area contributed by atoms with Crippen LogP contribution in [0.5, 0.6) is 0 Å². The van der Waals surface area contributed by atoms with E-state index in [2.05, 4.69) is 37.3 Å². The molecule has 72 valence electrons. The van der Waals surface area contributed by atoms with Crippen molar-refractivity contribution in [1.29, 1.82) is 0 Å². The van der Waals surface area contributed by atoms with Gasteiger partial charge in [-0.05, 0) is 24.5 Å². The first-order valence-electron chi connectivity index (χ1n) is 4.92. The lowest BCUT2D eigenvalue weighted by Gasteiger charge is -2.29. The summed E-state index contributed by atoms with van der Waals surface area (Å²) in [6.07, 6.45) is 7.22. The fourth-order valence-electron chi connectivity index (χ4n) is 1.82. The summed E-state index contributed by atoms with van der Waals surface area (Å²) in [5.74, 6) is 0. The molecule has 1 unspecified atom stereocenters. The molecule has 0 saturated carbocycles. The lowest BCUT2D eigenvalue weighted by atomic mass is 9.82. The van der Waals surface area contributed by atoms with Gasteiger partial charge < -0.3 is 5.73 Å². The summed E-state index contributed by atoms with van der Waals surface area (Å²) >= 11 is 0. The zero-order valence-corrected chi connectivity index (χ0v) is 8.40. The Kier molecular flexibility index (Phi) is 2.26. The maximum absolute atomic E-state index is 6.23. The van der Waals surface area contributed by atoms with E-state index in [-0.39, 0.29) is 5.54 Å². The Bertz CT molecular complexity index is 371.